The van der Waals surface area contributed by atoms with Crippen LogP contribution in [0.3, 0.4) is 0 Å². The fourth-order valence-corrected chi connectivity index (χ4v) is 3.08. The second-order valence-electron chi connectivity index (χ2n) is 5.31. The molecule has 0 saturated carbocycles. The molecule has 0 bridgehead atoms. The van der Waals surface area contributed by atoms with Crippen molar-refractivity contribution in [1.29, 1.82) is 0 Å². The third-order valence-electron chi connectivity index (χ3n) is 3.64. The molecular weight excluding hydrogens is 390 g/mol. The molecule has 1 amide bonds. The van der Waals surface area contributed by atoms with Crippen LogP contribution in [-0.4, -0.2) is 10.8 Å². The Labute approximate surface area is 154 Å². The van der Waals surface area contributed by atoms with Crippen LogP contribution < -0.4 is 0 Å². The first-order valence-corrected chi connectivity index (χ1v) is 8.62. The molecule has 122 valence electrons. The molecule has 24 heavy (non-hydrogen) atoms. The molecule has 0 atom stereocenters. The molecule has 0 spiro atoms. The van der Waals surface area contributed by atoms with Gasteiger partial charge in [-0.1, -0.05) is 41.9 Å². The number of carbonyl (C=O) groups excluding carboxylic acids is 1. The number of amides is 1. The third-order valence-corrected chi connectivity index (χ3v) is 4.70. The second kappa shape index (κ2) is 7.69. The lowest BCUT2D eigenvalue weighted by Crippen LogP contribution is -2.30. The van der Waals surface area contributed by atoms with E-state index in [0.717, 1.165) is 15.8 Å². The summed E-state index contributed by atoms with van der Waals surface area (Å²) in [6, 6.07) is 18.6. The molecule has 0 aliphatic rings. The molecule has 0 radical (unpaired) electrons. The third kappa shape index (κ3) is 3.89. The van der Waals surface area contributed by atoms with Gasteiger partial charge in [-0.05, 0) is 51.8 Å². The smallest absolute Gasteiger partial charge is 0.255 e. The number of benzene rings is 2. The topological polar surface area (TPSA) is 33.5 Å². The van der Waals surface area contributed by atoms with Crippen LogP contribution in [0, 0.1) is 0 Å². The molecule has 0 saturated heterocycles. The van der Waals surface area contributed by atoms with E-state index in [-0.39, 0.29) is 5.91 Å². The van der Waals surface area contributed by atoms with E-state index in [1.165, 1.54) is 0 Å². The van der Waals surface area contributed by atoms with E-state index >= 15 is 0 Å². The maximum absolute atomic E-state index is 13.0. The molecule has 0 aliphatic heterocycles. The van der Waals surface area contributed by atoms with E-state index in [1.807, 2.05) is 54.6 Å². The quantitative estimate of drug-likeness (QED) is 0.559. The summed E-state index contributed by atoms with van der Waals surface area (Å²) >= 11 is 9.71. The molecule has 3 aromatic rings. The van der Waals surface area contributed by atoms with Crippen molar-refractivity contribution in [2.24, 2.45) is 0 Å². The summed E-state index contributed by atoms with van der Waals surface area (Å²) in [6.07, 6.45) is 1.60. The maximum atomic E-state index is 13.0. The van der Waals surface area contributed by atoms with E-state index < -0.39 is 0 Å². The van der Waals surface area contributed by atoms with Gasteiger partial charge in [0.1, 0.15) is 5.76 Å². The van der Waals surface area contributed by atoms with Crippen molar-refractivity contribution < 1.29 is 9.21 Å². The number of carbonyl (C=O) groups is 1. The first-order valence-electron chi connectivity index (χ1n) is 7.45. The summed E-state index contributed by atoms with van der Waals surface area (Å²) < 4.78 is 6.17. The number of furan rings is 1. The van der Waals surface area contributed by atoms with Crippen LogP contribution in [0.1, 0.15) is 21.7 Å². The fraction of sp³-hybridized carbons (Fsp3) is 0.105. The minimum Gasteiger partial charge on any atom is -0.467 e. The molecule has 3 rings (SSSR count). The van der Waals surface area contributed by atoms with Gasteiger partial charge in [0, 0.05) is 16.0 Å². The molecule has 1 aromatic heterocycles. The number of halogens is 2. The van der Waals surface area contributed by atoms with Crippen molar-refractivity contribution in [2.45, 2.75) is 13.1 Å². The van der Waals surface area contributed by atoms with Crippen molar-refractivity contribution in [3.8, 4) is 0 Å². The molecule has 2 aromatic carbocycles. The first-order chi connectivity index (χ1) is 11.6. The van der Waals surface area contributed by atoms with Gasteiger partial charge in [-0.2, -0.15) is 0 Å². The van der Waals surface area contributed by atoms with Crippen LogP contribution in [0.15, 0.2) is 75.8 Å². The molecule has 0 aliphatic carbocycles. The Hall–Kier alpha value is -2.04. The van der Waals surface area contributed by atoms with Crippen molar-refractivity contribution >= 4 is 33.4 Å². The Bertz CT molecular complexity index is 833. The molecule has 0 N–H and O–H groups in total. The summed E-state index contributed by atoms with van der Waals surface area (Å²) in [5.41, 5.74) is 1.50. The van der Waals surface area contributed by atoms with Gasteiger partial charge in [0.25, 0.3) is 5.91 Å². The lowest BCUT2D eigenvalue weighted by Gasteiger charge is -2.23. The fourth-order valence-electron chi connectivity index (χ4n) is 2.43. The monoisotopic (exact) mass is 403 g/mol. The summed E-state index contributed by atoms with van der Waals surface area (Å²) in [5, 5.41) is 0.641. The van der Waals surface area contributed by atoms with Gasteiger partial charge in [-0.15, -0.1) is 0 Å². The van der Waals surface area contributed by atoms with Gasteiger partial charge in [0.15, 0.2) is 0 Å². The lowest BCUT2D eigenvalue weighted by atomic mass is 10.1. The minimum absolute atomic E-state index is 0.0844. The highest BCUT2D eigenvalue weighted by Crippen LogP contribution is 2.23. The van der Waals surface area contributed by atoms with Crippen molar-refractivity contribution in [2.75, 3.05) is 0 Å². The van der Waals surface area contributed by atoms with Gasteiger partial charge >= 0.3 is 0 Å². The Kier molecular flexibility index (Phi) is 5.38. The molecule has 5 heteroatoms. The zero-order chi connectivity index (χ0) is 16.9. The summed E-state index contributed by atoms with van der Waals surface area (Å²) in [5.74, 6) is 0.640. The number of rotatable bonds is 5. The van der Waals surface area contributed by atoms with Crippen LogP contribution in [0.2, 0.25) is 5.02 Å². The van der Waals surface area contributed by atoms with Crippen LogP contribution >= 0.6 is 27.5 Å². The Morgan fingerprint density at radius 3 is 2.46 bits per heavy atom. The summed E-state index contributed by atoms with van der Waals surface area (Å²) in [7, 11) is 0. The van der Waals surface area contributed by atoms with E-state index in [9.17, 15) is 4.79 Å². The van der Waals surface area contributed by atoms with Gasteiger partial charge < -0.3 is 9.32 Å². The van der Waals surface area contributed by atoms with E-state index in [4.69, 9.17) is 16.0 Å². The van der Waals surface area contributed by atoms with Gasteiger partial charge in [-0.3, -0.25) is 4.79 Å². The number of hydrogen-bond acceptors (Lipinski definition) is 2. The standard InChI is InChI=1S/C19H15BrClNO2/c20-17-9-3-2-8-16(17)19(23)22(13-15-7-5-11-24-15)12-14-6-1-4-10-18(14)21/h1-11H,12-13H2. The predicted octanol–water partition coefficient (Wildman–Crippen LogP) is 5.54. The SMILES string of the molecule is O=C(c1ccccc1Br)N(Cc1ccco1)Cc1ccccc1Cl. The van der Waals surface area contributed by atoms with Crippen molar-refractivity contribution in [3.05, 3.63) is 93.3 Å². The average Bonchev–Trinajstić information content (AvgIpc) is 3.09. The van der Waals surface area contributed by atoms with E-state index in [1.54, 1.807) is 17.2 Å². The van der Waals surface area contributed by atoms with Crippen LogP contribution in [0.25, 0.3) is 0 Å². The lowest BCUT2D eigenvalue weighted by molar-refractivity contribution is 0.0717. The normalized spacial score (nSPS) is 10.6. The average molecular weight is 405 g/mol. The maximum Gasteiger partial charge on any atom is 0.255 e. The number of hydrogen-bond donors (Lipinski definition) is 0. The van der Waals surface area contributed by atoms with Crippen molar-refractivity contribution in [3.63, 3.8) is 0 Å². The zero-order valence-corrected chi connectivity index (χ0v) is 15.1. The summed E-state index contributed by atoms with van der Waals surface area (Å²) in [4.78, 5) is 14.7. The largest absolute Gasteiger partial charge is 0.467 e. The van der Waals surface area contributed by atoms with Gasteiger partial charge in [-0.25, -0.2) is 0 Å². The Balaban J connectivity index is 1.91. The zero-order valence-electron chi connectivity index (χ0n) is 12.8. The highest BCUT2D eigenvalue weighted by Gasteiger charge is 2.20. The molecule has 3 nitrogen and oxygen atoms in total. The highest BCUT2D eigenvalue weighted by atomic mass is 79.9. The molecular formula is C19H15BrClNO2. The van der Waals surface area contributed by atoms with Crippen molar-refractivity contribution in [1.82, 2.24) is 4.90 Å². The van der Waals surface area contributed by atoms with Crippen LogP contribution in [0.5, 0.6) is 0 Å². The second-order valence-corrected chi connectivity index (χ2v) is 6.57. The molecule has 0 unspecified atom stereocenters. The predicted molar refractivity (Wildman–Crippen MR) is 97.9 cm³/mol. The molecule has 1 heterocycles. The Morgan fingerprint density at radius 1 is 1.00 bits per heavy atom. The van der Waals surface area contributed by atoms with Gasteiger partial charge in [0.2, 0.25) is 0 Å². The summed E-state index contributed by atoms with van der Waals surface area (Å²) in [6.45, 7) is 0.777. The first kappa shape index (κ1) is 16.8. The highest BCUT2D eigenvalue weighted by molar-refractivity contribution is 9.10. The minimum atomic E-state index is -0.0844. The van der Waals surface area contributed by atoms with E-state index in [0.29, 0.717) is 23.7 Å². The van der Waals surface area contributed by atoms with Crippen LogP contribution in [-0.2, 0) is 13.1 Å². The molecule has 0 fully saturated rings. The van der Waals surface area contributed by atoms with E-state index in [2.05, 4.69) is 15.9 Å². The number of nitrogens with zero attached hydrogens (tertiary/aromatic N) is 1. The van der Waals surface area contributed by atoms with Gasteiger partial charge in [0.05, 0.1) is 18.4 Å². The van der Waals surface area contributed by atoms with Crippen LogP contribution in [0.4, 0.5) is 0 Å². The Morgan fingerprint density at radius 2 is 1.75 bits per heavy atom.